The van der Waals surface area contributed by atoms with E-state index in [2.05, 4.69) is 4.98 Å². The predicted molar refractivity (Wildman–Crippen MR) is 77.5 cm³/mol. The van der Waals surface area contributed by atoms with Crippen molar-refractivity contribution in [1.82, 2.24) is 9.38 Å². The van der Waals surface area contributed by atoms with Crippen LogP contribution in [-0.2, 0) is 0 Å². The minimum Gasteiger partial charge on any atom is -0.478 e. The largest absolute Gasteiger partial charge is 0.478 e. The molecule has 0 spiro atoms. The van der Waals surface area contributed by atoms with Gasteiger partial charge < -0.3 is 5.11 Å². The van der Waals surface area contributed by atoms with Crippen molar-refractivity contribution in [2.45, 2.75) is 16.8 Å². The van der Waals surface area contributed by atoms with Crippen LogP contribution < -0.4 is 0 Å². The number of aromatic nitrogens is 2. The summed E-state index contributed by atoms with van der Waals surface area (Å²) >= 11 is 1.52. The number of carboxylic acid groups (broad SMARTS) is 1. The highest BCUT2D eigenvalue weighted by Gasteiger charge is 2.09. The maximum absolute atomic E-state index is 11.2. The Morgan fingerprint density at radius 3 is 2.95 bits per heavy atom. The van der Waals surface area contributed by atoms with E-state index in [9.17, 15) is 9.90 Å². The molecule has 0 aliphatic carbocycles. The number of hydrogen-bond donors (Lipinski definition) is 1. The number of aromatic carboxylic acids is 1. The zero-order valence-electron chi connectivity index (χ0n) is 10.8. The second-order valence-electron chi connectivity index (χ2n) is 4.40. The Bertz CT molecular complexity index is 795. The van der Waals surface area contributed by atoms with Gasteiger partial charge in [0.15, 0.2) is 0 Å². The van der Waals surface area contributed by atoms with Crippen LogP contribution in [0.25, 0.3) is 5.65 Å². The predicted octanol–water partition coefficient (Wildman–Crippen LogP) is 3.49. The maximum Gasteiger partial charge on any atom is 0.335 e. The second kappa shape index (κ2) is 5.02. The van der Waals surface area contributed by atoms with Gasteiger partial charge >= 0.3 is 5.97 Å². The minimum atomic E-state index is -0.897. The van der Waals surface area contributed by atoms with Crippen LogP contribution in [0.3, 0.4) is 0 Å². The molecule has 0 radical (unpaired) electrons. The van der Waals surface area contributed by atoms with Crippen molar-refractivity contribution in [2.75, 3.05) is 0 Å². The molecular weight excluding hydrogens is 272 g/mol. The molecule has 100 valence electrons. The fraction of sp³-hybridized carbons (Fsp3) is 0.0667. The van der Waals surface area contributed by atoms with E-state index in [1.165, 1.54) is 11.8 Å². The van der Waals surface area contributed by atoms with Crippen molar-refractivity contribution in [3.63, 3.8) is 0 Å². The quantitative estimate of drug-likeness (QED) is 0.800. The van der Waals surface area contributed by atoms with Crippen molar-refractivity contribution in [1.29, 1.82) is 0 Å². The number of imidazole rings is 1. The van der Waals surface area contributed by atoms with E-state index in [-0.39, 0.29) is 0 Å². The van der Waals surface area contributed by atoms with Crippen LogP contribution in [0, 0.1) is 6.92 Å². The van der Waals surface area contributed by atoms with Crippen molar-refractivity contribution in [3.05, 3.63) is 59.9 Å². The van der Waals surface area contributed by atoms with E-state index in [0.29, 0.717) is 5.56 Å². The molecule has 0 bridgehead atoms. The molecule has 0 unspecified atom stereocenters. The molecule has 0 amide bonds. The number of fused-ring (bicyclic) bond motifs is 1. The maximum atomic E-state index is 11.2. The van der Waals surface area contributed by atoms with Gasteiger partial charge in [0.25, 0.3) is 0 Å². The van der Waals surface area contributed by atoms with E-state index in [0.717, 1.165) is 21.1 Å². The Morgan fingerprint density at radius 1 is 1.30 bits per heavy atom. The van der Waals surface area contributed by atoms with Gasteiger partial charge in [0.2, 0.25) is 0 Å². The van der Waals surface area contributed by atoms with E-state index >= 15 is 0 Å². The van der Waals surface area contributed by atoms with Crippen molar-refractivity contribution in [2.24, 2.45) is 0 Å². The second-order valence-corrected chi connectivity index (χ2v) is 5.50. The number of carboxylic acids is 1. The molecule has 0 aliphatic rings. The number of nitrogens with zero attached hydrogens (tertiary/aromatic N) is 2. The summed E-state index contributed by atoms with van der Waals surface area (Å²) in [6, 6.07) is 11.3. The Labute approximate surface area is 120 Å². The van der Waals surface area contributed by atoms with Crippen LogP contribution in [0.4, 0.5) is 0 Å². The first kappa shape index (κ1) is 12.7. The highest BCUT2D eigenvalue weighted by molar-refractivity contribution is 7.99. The molecule has 5 heteroatoms. The molecule has 20 heavy (non-hydrogen) atoms. The minimum absolute atomic E-state index is 0.341. The van der Waals surface area contributed by atoms with Crippen LogP contribution in [-0.4, -0.2) is 20.5 Å². The summed E-state index contributed by atoms with van der Waals surface area (Å²) < 4.78 is 1.98. The van der Waals surface area contributed by atoms with Crippen molar-refractivity contribution in [3.8, 4) is 0 Å². The monoisotopic (exact) mass is 284 g/mol. The molecule has 0 atom stereocenters. The van der Waals surface area contributed by atoms with Gasteiger partial charge in [-0.1, -0.05) is 23.9 Å². The highest BCUT2D eigenvalue weighted by Crippen LogP contribution is 2.29. The summed E-state index contributed by atoms with van der Waals surface area (Å²) in [5, 5.41) is 10.2. The first-order chi connectivity index (χ1) is 9.65. The van der Waals surface area contributed by atoms with Crippen molar-refractivity contribution >= 4 is 23.4 Å². The number of aryl methyl sites for hydroxylation is 1. The van der Waals surface area contributed by atoms with Gasteiger partial charge in [0.05, 0.1) is 10.6 Å². The Balaban J connectivity index is 2.01. The molecule has 0 saturated heterocycles. The van der Waals surface area contributed by atoms with Crippen LogP contribution in [0.1, 0.15) is 15.9 Å². The van der Waals surface area contributed by atoms with Crippen LogP contribution in [0.2, 0.25) is 0 Å². The first-order valence-corrected chi connectivity index (χ1v) is 6.91. The third-order valence-corrected chi connectivity index (χ3v) is 4.08. The van der Waals surface area contributed by atoms with Crippen LogP contribution >= 0.6 is 11.8 Å². The third-order valence-electron chi connectivity index (χ3n) is 3.05. The van der Waals surface area contributed by atoms with Crippen LogP contribution in [0.5, 0.6) is 0 Å². The molecule has 0 saturated carbocycles. The summed E-state index contributed by atoms with van der Waals surface area (Å²) in [7, 11) is 0. The van der Waals surface area contributed by atoms with Gasteiger partial charge in [-0.3, -0.25) is 4.40 Å². The number of carbonyl (C=O) groups is 1. The molecule has 3 aromatic rings. The molecule has 1 aromatic carbocycles. The average molecular weight is 284 g/mol. The fourth-order valence-electron chi connectivity index (χ4n) is 2.02. The molecule has 4 nitrogen and oxygen atoms in total. The summed E-state index contributed by atoms with van der Waals surface area (Å²) in [4.78, 5) is 16.3. The van der Waals surface area contributed by atoms with Gasteiger partial charge in [-0.25, -0.2) is 9.78 Å². The zero-order valence-corrected chi connectivity index (χ0v) is 11.6. The molecule has 2 aromatic heterocycles. The van der Waals surface area contributed by atoms with E-state index in [1.54, 1.807) is 19.2 Å². The summed E-state index contributed by atoms with van der Waals surface area (Å²) in [5.41, 5.74) is 1.98. The summed E-state index contributed by atoms with van der Waals surface area (Å²) in [6.45, 7) is 1.80. The van der Waals surface area contributed by atoms with E-state index in [4.69, 9.17) is 0 Å². The molecule has 2 heterocycles. The van der Waals surface area contributed by atoms with E-state index < -0.39 is 5.97 Å². The molecule has 1 N–H and O–H groups in total. The topological polar surface area (TPSA) is 54.6 Å². The third kappa shape index (κ3) is 2.28. The zero-order chi connectivity index (χ0) is 14.1. The van der Waals surface area contributed by atoms with Crippen LogP contribution in [0.15, 0.2) is 58.7 Å². The lowest BCUT2D eigenvalue weighted by molar-refractivity contribution is 0.0696. The lowest BCUT2D eigenvalue weighted by Crippen LogP contribution is -1.99. The lowest BCUT2D eigenvalue weighted by atomic mass is 10.1. The normalized spacial score (nSPS) is 10.8. The van der Waals surface area contributed by atoms with E-state index in [1.807, 2.05) is 40.9 Å². The lowest BCUT2D eigenvalue weighted by Gasteiger charge is -2.07. The first-order valence-electron chi connectivity index (χ1n) is 6.09. The molecule has 3 rings (SSSR count). The fourth-order valence-corrected chi connectivity index (χ4v) is 2.97. The SMILES string of the molecule is Cc1ccc(Sc2cccc3nccn23)cc1C(=O)O. The van der Waals surface area contributed by atoms with Gasteiger partial charge in [-0.05, 0) is 36.8 Å². The Hall–Kier alpha value is -2.27. The number of pyridine rings is 1. The number of hydrogen-bond acceptors (Lipinski definition) is 3. The standard InChI is InChI=1S/C15H12N2O2S/c1-10-5-6-11(9-12(10)15(18)19)20-14-4-2-3-13-16-7-8-17(13)14/h2-9H,1H3,(H,18,19). The van der Waals surface area contributed by atoms with Crippen molar-refractivity contribution < 1.29 is 9.90 Å². The van der Waals surface area contributed by atoms with Gasteiger partial charge in [-0.15, -0.1) is 0 Å². The average Bonchev–Trinajstić information content (AvgIpc) is 2.90. The van der Waals surface area contributed by atoms with Gasteiger partial charge in [0, 0.05) is 17.3 Å². The smallest absolute Gasteiger partial charge is 0.335 e. The Kier molecular flexibility index (Phi) is 3.20. The van der Waals surface area contributed by atoms with Gasteiger partial charge in [-0.2, -0.15) is 0 Å². The number of benzene rings is 1. The summed E-state index contributed by atoms with van der Waals surface area (Å²) in [6.07, 6.45) is 3.64. The molecule has 0 fully saturated rings. The molecular formula is C15H12N2O2S. The number of rotatable bonds is 3. The Morgan fingerprint density at radius 2 is 2.15 bits per heavy atom. The summed E-state index contributed by atoms with van der Waals surface area (Å²) in [5.74, 6) is -0.897. The van der Waals surface area contributed by atoms with Gasteiger partial charge in [0.1, 0.15) is 5.65 Å². The highest BCUT2D eigenvalue weighted by atomic mass is 32.2. The molecule has 0 aliphatic heterocycles.